The van der Waals surface area contributed by atoms with Crippen LogP contribution in [-0.4, -0.2) is 30.5 Å². The molecule has 6 nitrogen and oxygen atoms in total. The molecule has 1 N–H and O–H groups in total. The maximum atomic E-state index is 13.4. The van der Waals surface area contributed by atoms with Crippen molar-refractivity contribution in [1.29, 1.82) is 0 Å². The molecule has 0 aliphatic heterocycles. The summed E-state index contributed by atoms with van der Waals surface area (Å²) in [6, 6.07) is 17.1. The van der Waals surface area contributed by atoms with E-state index in [1.165, 1.54) is 0 Å². The highest BCUT2D eigenvalue weighted by Crippen LogP contribution is 2.42. The number of carbonyl (C=O) groups is 2. The third kappa shape index (κ3) is 4.42. The number of allylic oxidation sites excluding steroid dienone is 2. The van der Waals surface area contributed by atoms with E-state index in [1.54, 1.807) is 20.3 Å². The molecule has 1 aliphatic carbocycles. The van der Waals surface area contributed by atoms with Crippen molar-refractivity contribution in [1.82, 2.24) is 4.57 Å². The number of hydrogen-bond donors (Lipinski definition) is 1. The first-order valence-corrected chi connectivity index (χ1v) is 10.9. The Hall–Kier alpha value is -3.80. The Labute approximate surface area is 193 Å². The van der Waals surface area contributed by atoms with Gasteiger partial charge in [0.2, 0.25) is 5.91 Å². The zero-order chi connectivity index (χ0) is 23.5. The van der Waals surface area contributed by atoms with E-state index in [2.05, 4.69) is 5.32 Å². The first-order chi connectivity index (χ1) is 15.9. The summed E-state index contributed by atoms with van der Waals surface area (Å²) in [6.45, 7) is 1.93. The molecule has 1 aromatic heterocycles. The minimum absolute atomic E-state index is 0.205. The Bertz CT molecular complexity index is 1220. The third-order valence-electron chi connectivity index (χ3n) is 6.26. The fourth-order valence-corrected chi connectivity index (χ4v) is 4.48. The lowest BCUT2D eigenvalue weighted by atomic mass is 9.73. The summed E-state index contributed by atoms with van der Waals surface area (Å²) >= 11 is 0. The first kappa shape index (κ1) is 22.4. The number of aromatic nitrogens is 1. The third-order valence-corrected chi connectivity index (χ3v) is 6.26. The van der Waals surface area contributed by atoms with Crippen molar-refractivity contribution in [2.45, 2.75) is 19.3 Å². The lowest BCUT2D eigenvalue weighted by molar-refractivity contribution is -0.129. The number of rotatable bonds is 6. The van der Waals surface area contributed by atoms with E-state index in [1.807, 2.05) is 79.3 Å². The number of aryl methyl sites for hydroxylation is 2. The van der Waals surface area contributed by atoms with Gasteiger partial charge in [-0.25, -0.2) is 0 Å². The number of amides is 1. The van der Waals surface area contributed by atoms with Crippen LogP contribution in [0.4, 0.5) is 5.69 Å². The molecule has 1 amide bonds. The van der Waals surface area contributed by atoms with Crippen molar-refractivity contribution < 1.29 is 19.1 Å². The zero-order valence-electron chi connectivity index (χ0n) is 19.3. The van der Waals surface area contributed by atoms with Crippen LogP contribution in [0.3, 0.4) is 0 Å². The molecular weight excluding hydrogens is 416 g/mol. The van der Waals surface area contributed by atoms with Gasteiger partial charge in [-0.05, 0) is 66.5 Å². The quantitative estimate of drug-likeness (QED) is 0.558. The maximum Gasteiger partial charge on any atom is 0.235 e. The molecule has 1 heterocycles. The molecular formula is C27H28N2O4. The molecule has 33 heavy (non-hydrogen) atoms. The molecule has 1 aliphatic rings. The Kier molecular flexibility index (Phi) is 6.36. The van der Waals surface area contributed by atoms with E-state index >= 15 is 0 Å². The molecule has 4 rings (SSSR count). The smallest absolute Gasteiger partial charge is 0.235 e. The predicted molar refractivity (Wildman–Crippen MR) is 129 cm³/mol. The maximum absolute atomic E-state index is 13.4. The van der Waals surface area contributed by atoms with Crippen LogP contribution in [0.2, 0.25) is 0 Å². The second-order valence-electron chi connectivity index (χ2n) is 8.28. The van der Waals surface area contributed by atoms with Crippen molar-refractivity contribution in [3.05, 3.63) is 83.7 Å². The highest BCUT2D eigenvalue weighted by atomic mass is 16.5. The second-order valence-corrected chi connectivity index (χ2v) is 8.28. The van der Waals surface area contributed by atoms with Gasteiger partial charge in [0.05, 0.1) is 14.2 Å². The summed E-state index contributed by atoms with van der Waals surface area (Å²) in [5, 5.41) is 2.97. The van der Waals surface area contributed by atoms with E-state index < -0.39 is 5.92 Å². The fraction of sp³-hybridized carbons (Fsp3) is 0.259. The first-order valence-electron chi connectivity index (χ1n) is 10.9. The van der Waals surface area contributed by atoms with Gasteiger partial charge in [0.1, 0.15) is 5.92 Å². The van der Waals surface area contributed by atoms with Crippen molar-refractivity contribution in [2.75, 3.05) is 19.5 Å². The summed E-state index contributed by atoms with van der Waals surface area (Å²) in [6.07, 6.45) is 4.11. The van der Waals surface area contributed by atoms with Crippen LogP contribution < -0.4 is 14.8 Å². The SMILES string of the molecule is COc1ccc([C@H]2CC(c3cccn3C)=CC(=O)[C@H]2C(=O)Nc2ccccc2C)cc1OC. The molecule has 2 atom stereocenters. The second kappa shape index (κ2) is 9.36. The number of hydrogen-bond acceptors (Lipinski definition) is 4. The number of nitrogens with zero attached hydrogens (tertiary/aromatic N) is 1. The molecule has 0 saturated heterocycles. The molecule has 3 aromatic rings. The summed E-state index contributed by atoms with van der Waals surface area (Å²) in [5.41, 5.74) is 4.37. The van der Waals surface area contributed by atoms with Crippen LogP contribution in [0.15, 0.2) is 66.9 Å². The zero-order valence-corrected chi connectivity index (χ0v) is 19.3. The molecule has 170 valence electrons. The van der Waals surface area contributed by atoms with Crippen molar-refractivity contribution in [3.63, 3.8) is 0 Å². The molecule has 0 spiro atoms. The van der Waals surface area contributed by atoms with Gasteiger partial charge in [-0.3, -0.25) is 9.59 Å². The van der Waals surface area contributed by atoms with Gasteiger partial charge < -0.3 is 19.4 Å². The Morgan fingerprint density at radius 2 is 1.79 bits per heavy atom. The Balaban J connectivity index is 1.76. The van der Waals surface area contributed by atoms with E-state index in [-0.39, 0.29) is 17.6 Å². The van der Waals surface area contributed by atoms with Crippen LogP contribution in [0.1, 0.15) is 29.2 Å². The Morgan fingerprint density at radius 3 is 2.45 bits per heavy atom. The summed E-state index contributed by atoms with van der Waals surface area (Å²) in [5.74, 6) is -0.555. The minimum atomic E-state index is -0.855. The average molecular weight is 445 g/mol. The van der Waals surface area contributed by atoms with E-state index in [9.17, 15) is 9.59 Å². The van der Waals surface area contributed by atoms with Crippen LogP contribution in [-0.2, 0) is 16.6 Å². The van der Waals surface area contributed by atoms with Gasteiger partial charge in [-0.15, -0.1) is 0 Å². The molecule has 6 heteroatoms. The standard InChI is InChI=1S/C27H28N2O4/c1-17-8-5-6-9-21(17)28-27(31)26-20(18-11-12-24(32-3)25(16-18)33-4)14-19(15-23(26)30)22-10-7-13-29(22)2/h5-13,15-16,20,26H,14H2,1-4H3,(H,28,31)/t20-,26+/m1/s1. The lowest BCUT2D eigenvalue weighted by Gasteiger charge is -2.30. The van der Waals surface area contributed by atoms with Gasteiger partial charge in [0, 0.05) is 30.5 Å². The van der Waals surface area contributed by atoms with Gasteiger partial charge in [-0.1, -0.05) is 24.3 Å². The van der Waals surface area contributed by atoms with Crippen LogP contribution in [0.25, 0.3) is 5.57 Å². The number of benzene rings is 2. The van der Waals surface area contributed by atoms with Crippen molar-refractivity contribution >= 4 is 23.0 Å². The van der Waals surface area contributed by atoms with Gasteiger partial charge in [0.25, 0.3) is 0 Å². The normalized spacial score (nSPS) is 17.9. The molecule has 0 saturated carbocycles. The number of anilines is 1. The highest BCUT2D eigenvalue weighted by Gasteiger charge is 2.39. The minimum Gasteiger partial charge on any atom is -0.493 e. The predicted octanol–water partition coefficient (Wildman–Crippen LogP) is 4.75. The van der Waals surface area contributed by atoms with Crippen LogP contribution in [0, 0.1) is 12.8 Å². The largest absolute Gasteiger partial charge is 0.493 e. The average Bonchev–Trinajstić information content (AvgIpc) is 3.25. The summed E-state index contributed by atoms with van der Waals surface area (Å²) in [4.78, 5) is 26.8. The van der Waals surface area contributed by atoms with E-state index in [0.29, 0.717) is 23.6 Å². The number of nitrogens with one attached hydrogen (secondary N) is 1. The topological polar surface area (TPSA) is 69.6 Å². The summed E-state index contributed by atoms with van der Waals surface area (Å²) < 4.78 is 12.9. The monoisotopic (exact) mass is 444 g/mol. The highest BCUT2D eigenvalue weighted by molar-refractivity contribution is 6.15. The molecule has 0 bridgehead atoms. The fourth-order valence-electron chi connectivity index (χ4n) is 4.48. The van der Waals surface area contributed by atoms with Crippen LogP contribution >= 0.6 is 0 Å². The number of ketones is 1. The molecule has 0 unspecified atom stereocenters. The molecule has 0 radical (unpaired) electrons. The Morgan fingerprint density at radius 1 is 1.03 bits per heavy atom. The van der Waals surface area contributed by atoms with Crippen molar-refractivity contribution in [3.8, 4) is 11.5 Å². The molecule has 2 aromatic carbocycles. The summed E-state index contributed by atoms with van der Waals surface area (Å²) in [7, 11) is 5.10. The number of carbonyl (C=O) groups excluding carboxylic acids is 2. The number of methoxy groups -OCH3 is 2. The lowest BCUT2D eigenvalue weighted by Crippen LogP contribution is -2.36. The van der Waals surface area contributed by atoms with Gasteiger partial charge >= 0.3 is 0 Å². The molecule has 0 fully saturated rings. The van der Waals surface area contributed by atoms with Gasteiger partial charge in [-0.2, -0.15) is 0 Å². The van der Waals surface area contributed by atoms with Gasteiger partial charge in [0.15, 0.2) is 17.3 Å². The van der Waals surface area contributed by atoms with Crippen LogP contribution in [0.5, 0.6) is 11.5 Å². The van der Waals surface area contributed by atoms with E-state index in [0.717, 1.165) is 22.4 Å². The van der Waals surface area contributed by atoms with Crippen molar-refractivity contribution in [2.24, 2.45) is 13.0 Å². The number of ether oxygens (including phenoxy) is 2. The number of para-hydroxylation sites is 1. The van der Waals surface area contributed by atoms with E-state index in [4.69, 9.17) is 9.47 Å².